The number of benzene rings is 1. The van der Waals surface area contributed by atoms with E-state index < -0.39 is 22.7 Å². The first-order valence-electron chi connectivity index (χ1n) is 19.9. The van der Waals surface area contributed by atoms with Crippen molar-refractivity contribution in [1.82, 2.24) is 0 Å². The highest BCUT2D eigenvalue weighted by molar-refractivity contribution is 6.74. The minimum Gasteiger partial charge on any atom is -0.479 e. The summed E-state index contributed by atoms with van der Waals surface area (Å²) in [5, 5.41) is 0.111. The van der Waals surface area contributed by atoms with Crippen molar-refractivity contribution in [3.8, 4) is 5.75 Å². The normalized spacial score (nSPS) is 27.8. The van der Waals surface area contributed by atoms with Crippen LogP contribution in [0.2, 0.25) is 36.3 Å². The Morgan fingerprint density at radius 1 is 0.923 bits per heavy atom. The summed E-state index contributed by atoms with van der Waals surface area (Å²) in [6.45, 7) is 31.0. The molecular formula is C43H70O7Si2. The summed E-state index contributed by atoms with van der Waals surface area (Å²) >= 11 is 0. The molecule has 2 aliphatic carbocycles. The van der Waals surface area contributed by atoms with E-state index in [2.05, 4.69) is 119 Å². The number of carbonyl (C=O) groups excluding carboxylic acids is 2. The van der Waals surface area contributed by atoms with E-state index in [1.807, 2.05) is 19.1 Å². The fourth-order valence-electron chi connectivity index (χ4n) is 7.31. The van der Waals surface area contributed by atoms with E-state index in [0.29, 0.717) is 30.9 Å². The van der Waals surface area contributed by atoms with Crippen LogP contribution in [0.5, 0.6) is 5.75 Å². The van der Waals surface area contributed by atoms with Gasteiger partial charge < -0.3 is 23.1 Å². The minimum absolute atomic E-state index is 0.00428. The molecule has 0 spiro atoms. The first-order chi connectivity index (χ1) is 24.0. The van der Waals surface area contributed by atoms with Crippen LogP contribution in [-0.4, -0.2) is 59.1 Å². The van der Waals surface area contributed by atoms with Crippen LogP contribution in [0.4, 0.5) is 0 Å². The van der Waals surface area contributed by atoms with E-state index in [-0.39, 0.29) is 64.2 Å². The zero-order valence-electron chi connectivity index (χ0n) is 34.8. The van der Waals surface area contributed by atoms with Gasteiger partial charge in [-0.15, -0.1) is 0 Å². The monoisotopic (exact) mass is 754 g/mol. The molecule has 5 unspecified atom stereocenters. The number of cyclic esters (lactones) is 1. The van der Waals surface area contributed by atoms with Crippen LogP contribution in [0, 0.1) is 17.8 Å². The molecule has 292 valence electrons. The predicted octanol–water partition coefficient (Wildman–Crippen LogP) is 10.9. The number of hydrogen-bond acceptors (Lipinski definition) is 7. The second-order valence-corrected chi connectivity index (χ2v) is 28.6. The van der Waals surface area contributed by atoms with Crippen molar-refractivity contribution < 1.29 is 32.7 Å². The maximum atomic E-state index is 14.0. The molecule has 0 aromatic heterocycles. The summed E-state index contributed by atoms with van der Waals surface area (Å²) in [7, 11) is -4.15. The van der Waals surface area contributed by atoms with Gasteiger partial charge in [0, 0.05) is 18.8 Å². The summed E-state index contributed by atoms with van der Waals surface area (Å²) in [4.78, 5) is 26.9. The quantitative estimate of drug-likeness (QED) is 0.146. The Morgan fingerprint density at radius 2 is 1.54 bits per heavy atom. The van der Waals surface area contributed by atoms with Crippen LogP contribution in [0.15, 0.2) is 48.1 Å². The van der Waals surface area contributed by atoms with Gasteiger partial charge in [-0.1, -0.05) is 99.6 Å². The van der Waals surface area contributed by atoms with Crippen LogP contribution >= 0.6 is 0 Å². The molecule has 7 nitrogen and oxygen atoms in total. The van der Waals surface area contributed by atoms with Crippen LogP contribution in [-0.2, 0) is 27.9 Å². The molecule has 4 rings (SSSR count). The first-order valence-corrected chi connectivity index (χ1v) is 25.7. The molecule has 1 aromatic carbocycles. The van der Waals surface area contributed by atoms with Gasteiger partial charge in [0.2, 0.25) is 0 Å². The lowest BCUT2D eigenvalue weighted by molar-refractivity contribution is -0.164. The molecular weight excluding hydrogens is 685 g/mol. The number of esters is 2. The maximum Gasteiger partial charge on any atom is 0.347 e. The molecule has 1 saturated heterocycles. The molecule has 0 radical (unpaired) electrons. The number of carbonyl (C=O) groups is 2. The topological polar surface area (TPSA) is 80.3 Å². The summed E-state index contributed by atoms with van der Waals surface area (Å²) in [5.74, 6) is 1.05. The number of allylic oxidation sites excluding steroid dienone is 2. The predicted molar refractivity (Wildman–Crippen MR) is 216 cm³/mol. The van der Waals surface area contributed by atoms with E-state index in [1.165, 1.54) is 11.1 Å². The Bertz CT molecular complexity index is 1430. The fraction of sp³-hybridized carbons (Fsp3) is 0.721. The lowest BCUT2D eigenvalue weighted by Crippen LogP contribution is -2.49. The molecule has 52 heavy (non-hydrogen) atoms. The van der Waals surface area contributed by atoms with Crippen molar-refractivity contribution in [1.29, 1.82) is 0 Å². The molecule has 8 atom stereocenters. The lowest BCUT2D eigenvalue weighted by atomic mass is 9.66. The number of fused-ring (bicyclic) bond motifs is 1. The molecule has 0 amide bonds. The van der Waals surface area contributed by atoms with Crippen molar-refractivity contribution in [2.45, 2.75) is 180 Å². The van der Waals surface area contributed by atoms with E-state index >= 15 is 0 Å². The second kappa shape index (κ2) is 16.7. The van der Waals surface area contributed by atoms with Gasteiger partial charge in [0.05, 0.1) is 18.6 Å². The molecule has 1 heterocycles. The molecule has 1 fully saturated rings. The summed E-state index contributed by atoms with van der Waals surface area (Å²) in [5.41, 5.74) is 2.40. The Morgan fingerprint density at radius 3 is 2.12 bits per heavy atom. The molecule has 0 saturated carbocycles. The summed E-state index contributed by atoms with van der Waals surface area (Å²) in [6.07, 6.45) is 8.98. The Labute approximate surface area is 317 Å². The highest BCUT2D eigenvalue weighted by Crippen LogP contribution is 2.47. The van der Waals surface area contributed by atoms with E-state index in [4.69, 9.17) is 23.1 Å². The average molecular weight is 755 g/mol. The number of ether oxygens (including phenoxy) is 3. The summed E-state index contributed by atoms with van der Waals surface area (Å²) in [6, 6.07) is 8.01. The fourth-order valence-corrected chi connectivity index (χ4v) is 9.95. The Balaban J connectivity index is 1.56. The molecule has 9 heteroatoms. The average Bonchev–Trinajstić information content (AvgIpc) is 3.01. The van der Waals surface area contributed by atoms with E-state index in [0.717, 1.165) is 19.3 Å². The Kier molecular flexibility index (Phi) is 13.6. The minimum atomic E-state index is -2.11. The van der Waals surface area contributed by atoms with Gasteiger partial charge in [0.15, 0.2) is 22.7 Å². The second-order valence-electron chi connectivity index (χ2n) is 19.1. The standard InChI is InChI=1S/C43H70O7Si2/c1-15-37(46-32-20-18-30(19-21-32)28(2)3)41(45)48-38-26-34(49-51(11,12)42(5,6)7)24-31-17-16-29(4)36(40(31)38)23-22-33-25-35(27-39(44)47-33)50-52(13,14)43(8,9)10/h16-21,24,28-29,33-38,40H,15,22-23,25-27H2,1-14H3/t29?,33-,34?,35-,36?,37+,38?,40?/m1/s1. The van der Waals surface area contributed by atoms with Gasteiger partial charge in [0.25, 0.3) is 0 Å². The smallest absolute Gasteiger partial charge is 0.347 e. The number of rotatable bonds is 13. The van der Waals surface area contributed by atoms with Crippen molar-refractivity contribution in [2.75, 3.05) is 0 Å². The third-order valence-electron chi connectivity index (χ3n) is 12.6. The molecule has 0 bridgehead atoms. The molecule has 1 aromatic rings. The van der Waals surface area contributed by atoms with E-state index in [1.54, 1.807) is 0 Å². The zero-order valence-corrected chi connectivity index (χ0v) is 36.8. The summed E-state index contributed by atoms with van der Waals surface area (Å²) < 4.78 is 32.4. The highest BCUT2D eigenvalue weighted by Gasteiger charge is 2.47. The van der Waals surface area contributed by atoms with Crippen molar-refractivity contribution in [3.05, 3.63) is 53.6 Å². The number of hydrogen-bond donors (Lipinski definition) is 0. The first kappa shape index (κ1) is 42.5. The maximum absolute atomic E-state index is 14.0. The van der Waals surface area contributed by atoms with Gasteiger partial charge in [0.1, 0.15) is 18.0 Å². The van der Waals surface area contributed by atoms with Crippen LogP contribution < -0.4 is 4.74 Å². The van der Waals surface area contributed by atoms with Gasteiger partial charge in [-0.05, 0) is 96.6 Å². The Hall–Kier alpha value is -2.21. The molecule has 0 N–H and O–H groups in total. The third-order valence-corrected chi connectivity index (χ3v) is 21.7. The van der Waals surface area contributed by atoms with Gasteiger partial charge in [-0.25, -0.2) is 4.79 Å². The van der Waals surface area contributed by atoms with Crippen LogP contribution in [0.3, 0.4) is 0 Å². The van der Waals surface area contributed by atoms with Crippen LogP contribution in [0.1, 0.15) is 119 Å². The van der Waals surface area contributed by atoms with Gasteiger partial charge >= 0.3 is 11.9 Å². The van der Waals surface area contributed by atoms with Gasteiger partial charge in [-0.2, -0.15) is 0 Å². The zero-order chi connectivity index (χ0) is 38.8. The van der Waals surface area contributed by atoms with Crippen molar-refractivity contribution >= 4 is 28.6 Å². The van der Waals surface area contributed by atoms with Crippen molar-refractivity contribution in [3.63, 3.8) is 0 Å². The highest BCUT2D eigenvalue weighted by atomic mass is 28.4. The third kappa shape index (κ3) is 10.5. The molecule has 3 aliphatic rings. The lowest BCUT2D eigenvalue weighted by Gasteiger charge is -2.46. The SMILES string of the molecule is CC[C@H](Oc1ccc(C(C)C)cc1)C(=O)OC1CC(O[Si](C)(C)C(C)(C)C)C=C2C=CC(C)C(CC[C@@H]3C[C@@H](O[Si](C)(C)C(C)(C)C)CC(=O)O3)C21. The van der Waals surface area contributed by atoms with Crippen molar-refractivity contribution in [2.24, 2.45) is 17.8 Å². The van der Waals surface area contributed by atoms with E-state index in [9.17, 15) is 9.59 Å². The van der Waals surface area contributed by atoms with Gasteiger partial charge in [-0.3, -0.25) is 4.79 Å². The molecule has 1 aliphatic heterocycles. The largest absolute Gasteiger partial charge is 0.479 e. The van der Waals surface area contributed by atoms with Crippen LogP contribution in [0.25, 0.3) is 0 Å².